The van der Waals surface area contributed by atoms with Crippen LogP contribution in [0, 0.1) is 5.92 Å². The fourth-order valence-electron chi connectivity index (χ4n) is 3.86. The van der Waals surface area contributed by atoms with Crippen LogP contribution in [0.1, 0.15) is 31.0 Å². The van der Waals surface area contributed by atoms with E-state index >= 15 is 0 Å². The molecule has 1 saturated heterocycles. The molecule has 0 N–H and O–H groups in total. The van der Waals surface area contributed by atoms with Gasteiger partial charge in [-0.25, -0.2) is 0 Å². The molecule has 2 amide bonds. The average Bonchev–Trinajstić information content (AvgIpc) is 3.26. The van der Waals surface area contributed by atoms with Gasteiger partial charge in [-0.15, -0.1) is 10.2 Å². The minimum absolute atomic E-state index is 0.0314. The van der Waals surface area contributed by atoms with E-state index in [1.54, 1.807) is 24.0 Å². The summed E-state index contributed by atoms with van der Waals surface area (Å²) in [5.74, 6) is -1.87. The number of rotatable bonds is 2. The zero-order chi connectivity index (χ0) is 20.1. The van der Waals surface area contributed by atoms with Gasteiger partial charge < -0.3 is 14.4 Å². The highest BCUT2D eigenvalue weighted by molar-refractivity contribution is 6.00. The lowest BCUT2D eigenvalue weighted by molar-refractivity contribution is -0.148. The molecule has 1 fully saturated rings. The van der Waals surface area contributed by atoms with E-state index in [0.29, 0.717) is 0 Å². The first-order valence-corrected chi connectivity index (χ1v) is 8.93. The molecule has 3 heterocycles. The maximum absolute atomic E-state index is 13.0. The second kappa shape index (κ2) is 6.61. The van der Waals surface area contributed by atoms with Crippen molar-refractivity contribution in [3.05, 3.63) is 42.0 Å². The smallest absolute Gasteiger partial charge is 0.331 e. The fraction of sp³-hybridized carbons (Fsp3) is 0.444. The monoisotopic (exact) mass is 393 g/mol. The Morgan fingerprint density at radius 3 is 2.54 bits per heavy atom. The topological polar surface area (TPSA) is 71.3 Å². The number of aromatic nitrogens is 3. The van der Waals surface area contributed by atoms with Gasteiger partial charge in [0.25, 0.3) is 0 Å². The predicted molar refractivity (Wildman–Crippen MR) is 92.1 cm³/mol. The second-order valence-corrected chi connectivity index (χ2v) is 6.98. The van der Waals surface area contributed by atoms with Gasteiger partial charge in [0.05, 0.1) is 12.0 Å². The quantitative estimate of drug-likeness (QED) is 0.785. The molecule has 7 nitrogen and oxygen atoms in total. The molecule has 2 aliphatic rings. The van der Waals surface area contributed by atoms with Crippen LogP contribution in [-0.2, 0) is 22.3 Å². The van der Waals surface area contributed by atoms with Crippen molar-refractivity contribution >= 4 is 17.5 Å². The third-order valence-electron chi connectivity index (χ3n) is 5.26. The summed E-state index contributed by atoms with van der Waals surface area (Å²) in [7, 11) is 0. The van der Waals surface area contributed by atoms with Crippen LogP contribution in [0.4, 0.5) is 18.9 Å². The molecule has 1 aromatic heterocycles. The summed E-state index contributed by atoms with van der Waals surface area (Å²) in [6.07, 6.45) is -4.51. The summed E-state index contributed by atoms with van der Waals surface area (Å²) in [5, 5.41) is 6.92. The summed E-state index contributed by atoms with van der Waals surface area (Å²) >= 11 is 0. The summed E-state index contributed by atoms with van der Waals surface area (Å²) in [5.41, 5.74) is 0.726. The van der Waals surface area contributed by atoms with E-state index in [-0.39, 0.29) is 43.7 Å². The molecule has 28 heavy (non-hydrogen) atoms. The highest BCUT2D eigenvalue weighted by Crippen LogP contribution is 2.34. The number of nitrogens with zero attached hydrogens (tertiary/aromatic N) is 5. The Hall–Kier alpha value is -2.91. The van der Waals surface area contributed by atoms with E-state index in [1.165, 1.54) is 4.90 Å². The van der Waals surface area contributed by atoms with Crippen LogP contribution in [0.2, 0.25) is 0 Å². The van der Waals surface area contributed by atoms with Crippen LogP contribution < -0.4 is 4.90 Å². The number of anilines is 1. The Kier molecular flexibility index (Phi) is 4.35. The number of benzene rings is 1. The molecule has 10 heteroatoms. The number of amides is 2. The summed E-state index contributed by atoms with van der Waals surface area (Å²) in [4.78, 5) is 28.5. The Morgan fingerprint density at radius 1 is 1.14 bits per heavy atom. The minimum Gasteiger partial charge on any atom is -0.331 e. The molecule has 4 rings (SSSR count). The largest absolute Gasteiger partial charge is 0.451 e. The van der Waals surface area contributed by atoms with Gasteiger partial charge in [-0.3, -0.25) is 9.59 Å². The zero-order valence-electron chi connectivity index (χ0n) is 15.1. The predicted octanol–water partition coefficient (Wildman–Crippen LogP) is 2.25. The van der Waals surface area contributed by atoms with Crippen molar-refractivity contribution in [2.45, 2.75) is 32.1 Å². The molecule has 0 spiro atoms. The summed E-state index contributed by atoms with van der Waals surface area (Å²) < 4.78 is 40.1. The van der Waals surface area contributed by atoms with Crippen LogP contribution in [0.15, 0.2) is 30.3 Å². The van der Waals surface area contributed by atoms with E-state index in [1.807, 2.05) is 18.2 Å². The third kappa shape index (κ3) is 3.02. The maximum atomic E-state index is 13.0. The van der Waals surface area contributed by atoms with Crippen LogP contribution in [0.25, 0.3) is 0 Å². The van der Waals surface area contributed by atoms with E-state index in [4.69, 9.17) is 0 Å². The third-order valence-corrected chi connectivity index (χ3v) is 5.26. The van der Waals surface area contributed by atoms with Gasteiger partial charge in [0.1, 0.15) is 0 Å². The van der Waals surface area contributed by atoms with Gasteiger partial charge in [0, 0.05) is 31.7 Å². The number of hydrogen-bond acceptors (Lipinski definition) is 4. The Bertz CT molecular complexity index is 912. The number of alkyl halides is 3. The number of para-hydroxylation sites is 1. The Morgan fingerprint density at radius 2 is 1.86 bits per heavy atom. The van der Waals surface area contributed by atoms with Crippen molar-refractivity contribution < 1.29 is 22.8 Å². The number of carbonyl (C=O) groups excluding carboxylic acids is 2. The maximum Gasteiger partial charge on any atom is 0.451 e. The van der Waals surface area contributed by atoms with E-state index in [9.17, 15) is 22.8 Å². The molecule has 2 aliphatic heterocycles. The van der Waals surface area contributed by atoms with Gasteiger partial charge in [-0.2, -0.15) is 13.2 Å². The van der Waals surface area contributed by atoms with Crippen molar-refractivity contribution in [3.63, 3.8) is 0 Å². The Labute approximate surface area is 158 Å². The molecule has 2 aromatic rings. The van der Waals surface area contributed by atoms with Crippen molar-refractivity contribution in [1.29, 1.82) is 0 Å². The lowest BCUT2D eigenvalue weighted by Gasteiger charge is -2.35. The van der Waals surface area contributed by atoms with E-state index in [0.717, 1.165) is 10.3 Å². The lowest BCUT2D eigenvalue weighted by Crippen LogP contribution is -2.45. The van der Waals surface area contributed by atoms with Gasteiger partial charge >= 0.3 is 6.18 Å². The Balaban J connectivity index is 1.52. The molecule has 2 atom stereocenters. The van der Waals surface area contributed by atoms with Gasteiger partial charge in [0.2, 0.25) is 17.6 Å². The second-order valence-electron chi connectivity index (χ2n) is 6.98. The number of halogens is 3. The minimum atomic E-state index is -4.59. The van der Waals surface area contributed by atoms with Crippen LogP contribution >= 0.6 is 0 Å². The van der Waals surface area contributed by atoms with Crippen molar-refractivity contribution in [1.82, 2.24) is 19.7 Å². The highest BCUT2D eigenvalue weighted by Gasteiger charge is 2.44. The first-order valence-electron chi connectivity index (χ1n) is 8.93. The first-order chi connectivity index (χ1) is 13.3. The lowest BCUT2D eigenvalue weighted by atomic mass is 10.0. The van der Waals surface area contributed by atoms with Gasteiger partial charge in [-0.05, 0) is 19.1 Å². The number of hydrogen-bond donors (Lipinski definition) is 0. The number of carbonyl (C=O) groups is 2. The number of fused-ring (bicyclic) bond motifs is 1. The normalized spacial score (nSPS) is 22.5. The van der Waals surface area contributed by atoms with Gasteiger partial charge in [0.15, 0.2) is 5.82 Å². The average molecular weight is 393 g/mol. The van der Waals surface area contributed by atoms with Crippen molar-refractivity contribution in [2.75, 3.05) is 18.0 Å². The summed E-state index contributed by atoms with van der Waals surface area (Å²) in [6.45, 7) is 1.97. The molecular formula is C18H18F3N5O2. The molecule has 1 aromatic carbocycles. The standard InChI is InChI=1S/C18H18F3N5O2/c1-11-15-22-23-17(18(19,20)21)25(15)8-7-24(11)16(28)12-9-14(27)26(10-12)13-5-3-2-4-6-13/h2-6,11-12H,7-10H2,1H3. The highest BCUT2D eigenvalue weighted by atomic mass is 19.4. The molecule has 0 bridgehead atoms. The first kappa shape index (κ1) is 18.5. The van der Waals surface area contributed by atoms with Gasteiger partial charge in [-0.1, -0.05) is 18.2 Å². The molecular weight excluding hydrogens is 375 g/mol. The van der Waals surface area contributed by atoms with Crippen molar-refractivity contribution in [2.24, 2.45) is 5.92 Å². The van der Waals surface area contributed by atoms with E-state index < -0.39 is 24.0 Å². The van der Waals surface area contributed by atoms with Crippen LogP contribution in [-0.4, -0.2) is 44.6 Å². The SMILES string of the molecule is CC1c2nnc(C(F)(F)F)n2CCN1C(=O)C1CC(=O)N(c2ccccc2)C1. The van der Waals surface area contributed by atoms with E-state index in [2.05, 4.69) is 10.2 Å². The molecule has 0 saturated carbocycles. The molecule has 2 unspecified atom stereocenters. The molecule has 148 valence electrons. The molecule has 0 aliphatic carbocycles. The molecule has 0 radical (unpaired) electrons. The fourth-order valence-corrected chi connectivity index (χ4v) is 3.86. The van der Waals surface area contributed by atoms with Crippen LogP contribution in [0.3, 0.4) is 0 Å². The zero-order valence-corrected chi connectivity index (χ0v) is 15.1. The summed E-state index contributed by atoms with van der Waals surface area (Å²) in [6, 6.07) is 8.43. The van der Waals surface area contributed by atoms with Crippen molar-refractivity contribution in [3.8, 4) is 0 Å². The van der Waals surface area contributed by atoms with Crippen LogP contribution in [0.5, 0.6) is 0 Å².